The summed E-state index contributed by atoms with van der Waals surface area (Å²) in [5.41, 5.74) is 1.41. The van der Waals surface area contributed by atoms with E-state index in [1.54, 1.807) is 0 Å². The maximum absolute atomic E-state index is 2.20. The minimum Gasteiger partial charge on any atom is -0.0622 e. The Bertz CT molecular complexity index is 172. The SMILES string of the molecule is CC(C)c1ccccc1.[Hg].[V]. The van der Waals surface area contributed by atoms with E-state index in [0.717, 1.165) is 0 Å². The summed E-state index contributed by atoms with van der Waals surface area (Å²) in [6.45, 7) is 4.41. The van der Waals surface area contributed by atoms with Crippen molar-refractivity contribution in [2.24, 2.45) is 0 Å². The molecule has 0 bridgehead atoms. The van der Waals surface area contributed by atoms with E-state index >= 15 is 0 Å². The van der Waals surface area contributed by atoms with Crippen molar-refractivity contribution >= 4 is 0 Å². The zero-order valence-corrected chi connectivity index (χ0v) is 14.0. The third-order valence-corrected chi connectivity index (χ3v) is 1.47. The van der Waals surface area contributed by atoms with Gasteiger partial charge in [0.05, 0.1) is 0 Å². The molecule has 11 heavy (non-hydrogen) atoms. The number of benzene rings is 1. The molecule has 0 fully saturated rings. The van der Waals surface area contributed by atoms with E-state index in [1.807, 2.05) is 6.07 Å². The van der Waals surface area contributed by atoms with Gasteiger partial charge in [-0.2, -0.15) is 0 Å². The maximum atomic E-state index is 2.20. The van der Waals surface area contributed by atoms with E-state index in [1.165, 1.54) is 5.56 Å². The number of hydrogen-bond donors (Lipinski definition) is 0. The van der Waals surface area contributed by atoms with Gasteiger partial charge >= 0.3 is 0 Å². The summed E-state index contributed by atoms with van der Waals surface area (Å²) < 4.78 is 0. The Labute approximate surface area is 101 Å². The molecular formula is C9H12HgV. The molecule has 0 atom stereocenters. The predicted molar refractivity (Wildman–Crippen MR) is 40.5 cm³/mol. The summed E-state index contributed by atoms with van der Waals surface area (Å²) in [6, 6.07) is 10.5. The van der Waals surface area contributed by atoms with Crippen LogP contribution in [0.25, 0.3) is 0 Å². The van der Waals surface area contributed by atoms with Crippen molar-refractivity contribution in [3.05, 3.63) is 35.9 Å². The van der Waals surface area contributed by atoms with Crippen molar-refractivity contribution in [2.45, 2.75) is 19.8 Å². The Hall–Kier alpha value is 0.739. The van der Waals surface area contributed by atoms with Gasteiger partial charge in [-0.25, -0.2) is 0 Å². The largest absolute Gasteiger partial charge is 0.0622 e. The van der Waals surface area contributed by atoms with E-state index < -0.39 is 0 Å². The van der Waals surface area contributed by atoms with Gasteiger partial charge in [0, 0.05) is 46.2 Å². The first-order valence-electron chi connectivity index (χ1n) is 3.35. The van der Waals surface area contributed by atoms with Crippen molar-refractivity contribution in [1.29, 1.82) is 0 Å². The molecule has 0 saturated heterocycles. The molecule has 55 valence electrons. The van der Waals surface area contributed by atoms with Crippen LogP contribution in [0.15, 0.2) is 30.3 Å². The number of rotatable bonds is 1. The van der Waals surface area contributed by atoms with Gasteiger partial charge in [0.1, 0.15) is 0 Å². The third kappa shape index (κ3) is 5.05. The predicted octanol–water partition coefficient (Wildman–Crippen LogP) is 2.81. The van der Waals surface area contributed by atoms with Crippen LogP contribution in [0.5, 0.6) is 0 Å². The quantitative estimate of drug-likeness (QED) is 0.666. The van der Waals surface area contributed by atoms with Crippen LogP contribution < -0.4 is 0 Å². The molecule has 1 radical (unpaired) electrons. The van der Waals surface area contributed by atoms with Crippen LogP contribution in [0.4, 0.5) is 0 Å². The second-order valence-electron chi connectivity index (χ2n) is 2.57. The normalized spacial score (nSPS) is 8.27. The summed E-state index contributed by atoms with van der Waals surface area (Å²) in [5.74, 6) is 0.659. The summed E-state index contributed by atoms with van der Waals surface area (Å²) >= 11 is 0. The molecule has 0 aromatic heterocycles. The third-order valence-electron chi connectivity index (χ3n) is 1.47. The molecule has 0 nitrogen and oxygen atoms in total. The van der Waals surface area contributed by atoms with E-state index in [9.17, 15) is 0 Å². The molecule has 0 amide bonds. The molecule has 0 heterocycles. The first-order valence-corrected chi connectivity index (χ1v) is 3.35. The second-order valence-corrected chi connectivity index (χ2v) is 2.57. The van der Waals surface area contributed by atoms with Gasteiger partial charge in [-0.1, -0.05) is 44.2 Å². The fourth-order valence-electron chi connectivity index (χ4n) is 0.838. The topological polar surface area (TPSA) is 0 Å². The summed E-state index contributed by atoms with van der Waals surface area (Å²) in [5, 5.41) is 0. The monoisotopic (exact) mass is 373 g/mol. The Morgan fingerprint density at radius 2 is 1.45 bits per heavy atom. The van der Waals surface area contributed by atoms with Gasteiger partial charge in [-0.05, 0) is 11.5 Å². The van der Waals surface area contributed by atoms with Crippen molar-refractivity contribution in [3.8, 4) is 0 Å². The first kappa shape index (κ1) is 14.3. The van der Waals surface area contributed by atoms with Gasteiger partial charge in [-0.15, -0.1) is 0 Å². The zero-order chi connectivity index (χ0) is 6.69. The van der Waals surface area contributed by atoms with Crippen molar-refractivity contribution in [1.82, 2.24) is 0 Å². The van der Waals surface area contributed by atoms with Crippen LogP contribution in [0, 0.1) is 0 Å². The Balaban J connectivity index is 0. The van der Waals surface area contributed by atoms with Crippen molar-refractivity contribution < 1.29 is 46.2 Å². The second kappa shape index (κ2) is 7.39. The molecular weight excluding hydrogens is 360 g/mol. The van der Waals surface area contributed by atoms with Gasteiger partial charge in [0.25, 0.3) is 0 Å². The molecule has 1 rings (SSSR count). The zero-order valence-electron chi connectivity index (χ0n) is 7.12. The Kier molecular flexibility index (Phi) is 9.59. The number of hydrogen-bond acceptors (Lipinski definition) is 0. The summed E-state index contributed by atoms with van der Waals surface area (Å²) in [7, 11) is 0. The molecule has 0 unspecified atom stereocenters. The molecule has 1 aromatic carbocycles. The standard InChI is InChI=1S/C9H12.Hg.V/c1-8(2)9-6-4-3-5-7-9;;/h3-8H,1-2H3;;. The van der Waals surface area contributed by atoms with Crippen LogP contribution in [0.2, 0.25) is 0 Å². The summed E-state index contributed by atoms with van der Waals surface area (Å²) in [6.07, 6.45) is 0. The molecule has 1 aromatic rings. The van der Waals surface area contributed by atoms with Gasteiger partial charge < -0.3 is 0 Å². The van der Waals surface area contributed by atoms with Crippen LogP contribution in [-0.2, 0) is 46.2 Å². The van der Waals surface area contributed by atoms with E-state index in [2.05, 4.69) is 38.1 Å². The van der Waals surface area contributed by atoms with E-state index in [4.69, 9.17) is 0 Å². The Morgan fingerprint density at radius 3 is 1.73 bits per heavy atom. The average molecular weight is 372 g/mol. The van der Waals surface area contributed by atoms with Crippen LogP contribution >= 0.6 is 0 Å². The average Bonchev–Trinajstić information content (AvgIpc) is 1.90. The van der Waals surface area contributed by atoms with Gasteiger partial charge in [0.15, 0.2) is 0 Å². The molecule has 0 aliphatic carbocycles. The molecule has 0 saturated carbocycles. The summed E-state index contributed by atoms with van der Waals surface area (Å²) in [4.78, 5) is 0. The molecule has 0 spiro atoms. The van der Waals surface area contributed by atoms with Crippen LogP contribution in [-0.4, -0.2) is 0 Å². The minimum atomic E-state index is 0. The molecule has 0 aliphatic heterocycles. The van der Waals surface area contributed by atoms with E-state index in [0.29, 0.717) is 5.92 Å². The van der Waals surface area contributed by atoms with Crippen molar-refractivity contribution in [2.75, 3.05) is 0 Å². The minimum absolute atomic E-state index is 0. The van der Waals surface area contributed by atoms with Crippen LogP contribution in [0.1, 0.15) is 25.3 Å². The van der Waals surface area contributed by atoms with Gasteiger partial charge in [-0.3, -0.25) is 0 Å². The van der Waals surface area contributed by atoms with E-state index in [-0.39, 0.29) is 46.2 Å². The van der Waals surface area contributed by atoms with Gasteiger partial charge in [0.2, 0.25) is 0 Å². The smallest absolute Gasteiger partial charge is 0 e. The fourth-order valence-corrected chi connectivity index (χ4v) is 0.838. The first-order chi connectivity index (χ1) is 4.30. The molecule has 2 heteroatoms. The Morgan fingerprint density at radius 1 is 1.00 bits per heavy atom. The molecule has 0 N–H and O–H groups in total. The van der Waals surface area contributed by atoms with Crippen molar-refractivity contribution in [3.63, 3.8) is 0 Å². The maximum Gasteiger partial charge on any atom is 0 e. The van der Waals surface area contributed by atoms with Crippen LogP contribution in [0.3, 0.4) is 0 Å². The molecule has 0 aliphatic rings. The fraction of sp³-hybridized carbons (Fsp3) is 0.333.